The zero-order valence-corrected chi connectivity index (χ0v) is 14.7. The van der Waals surface area contributed by atoms with Crippen LogP contribution in [0.5, 0.6) is 0 Å². The van der Waals surface area contributed by atoms with Crippen molar-refractivity contribution in [2.75, 3.05) is 0 Å². The number of hydrogen-bond donors (Lipinski definition) is 0. The Morgan fingerprint density at radius 3 is 2.81 bits per heavy atom. The summed E-state index contributed by atoms with van der Waals surface area (Å²) in [6.07, 6.45) is 0. The van der Waals surface area contributed by atoms with Gasteiger partial charge in [0.2, 0.25) is 0 Å². The minimum Gasteiger partial charge on any atom is -0.322 e. The first-order chi connectivity index (χ1) is 9.97. The van der Waals surface area contributed by atoms with E-state index in [1.54, 1.807) is 17.4 Å². The number of halogens is 3. The number of hydrogen-bond acceptors (Lipinski definition) is 2. The SMILES string of the molecule is Cc1cscc1Cn1c(C(C)Cl)nc2cc(Br)c(F)cc21. The molecule has 0 spiro atoms. The van der Waals surface area contributed by atoms with E-state index in [0.29, 0.717) is 11.0 Å². The molecule has 0 fully saturated rings. The molecule has 3 rings (SSSR count). The third kappa shape index (κ3) is 2.74. The second-order valence-electron chi connectivity index (χ2n) is 5.01. The quantitative estimate of drug-likeness (QED) is 0.530. The van der Waals surface area contributed by atoms with E-state index in [-0.39, 0.29) is 11.2 Å². The fourth-order valence-corrected chi connectivity index (χ4v) is 3.67. The van der Waals surface area contributed by atoms with Crippen LogP contribution in [0.2, 0.25) is 0 Å². The average molecular weight is 388 g/mol. The first-order valence-corrected chi connectivity index (χ1v) is 8.65. The maximum absolute atomic E-state index is 13.9. The standard InChI is InChI=1S/C15H13BrClFN2S/c1-8-6-21-7-10(8)5-20-14-4-12(18)11(16)3-13(14)19-15(20)9(2)17/h3-4,6-7,9H,5H2,1-2H3. The van der Waals surface area contributed by atoms with Crippen LogP contribution >= 0.6 is 38.9 Å². The van der Waals surface area contributed by atoms with Crippen LogP contribution in [0.1, 0.15) is 29.3 Å². The molecule has 3 aromatic rings. The van der Waals surface area contributed by atoms with Crippen molar-refractivity contribution in [3.8, 4) is 0 Å². The molecule has 0 aliphatic heterocycles. The zero-order chi connectivity index (χ0) is 15.1. The second-order valence-corrected chi connectivity index (χ2v) is 7.26. The summed E-state index contributed by atoms with van der Waals surface area (Å²) in [5.41, 5.74) is 3.95. The molecule has 21 heavy (non-hydrogen) atoms. The molecule has 0 radical (unpaired) electrons. The summed E-state index contributed by atoms with van der Waals surface area (Å²) >= 11 is 11.1. The first-order valence-electron chi connectivity index (χ1n) is 6.48. The fourth-order valence-electron chi connectivity index (χ4n) is 2.33. The number of imidazole rings is 1. The predicted octanol–water partition coefficient (Wildman–Crippen LogP) is 5.66. The summed E-state index contributed by atoms with van der Waals surface area (Å²) in [5, 5.41) is 3.98. The van der Waals surface area contributed by atoms with Crippen molar-refractivity contribution in [1.82, 2.24) is 9.55 Å². The van der Waals surface area contributed by atoms with E-state index in [0.717, 1.165) is 16.9 Å². The molecule has 1 unspecified atom stereocenters. The van der Waals surface area contributed by atoms with Gasteiger partial charge in [0.25, 0.3) is 0 Å². The molecule has 1 aromatic carbocycles. The normalized spacial score (nSPS) is 13.0. The largest absolute Gasteiger partial charge is 0.322 e. The van der Waals surface area contributed by atoms with Crippen molar-refractivity contribution in [3.63, 3.8) is 0 Å². The summed E-state index contributed by atoms with van der Waals surface area (Å²) in [6, 6.07) is 3.21. The molecule has 1 atom stereocenters. The lowest BCUT2D eigenvalue weighted by molar-refractivity contribution is 0.621. The number of thiophene rings is 1. The highest BCUT2D eigenvalue weighted by molar-refractivity contribution is 9.10. The van der Waals surface area contributed by atoms with Gasteiger partial charge in [-0.2, -0.15) is 11.3 Å². The van der Waals surface area contributed by atoms with Crippen LogP contribution in [0.15, 0.2) is 27.4 Å². The molecular weight excluding hydrogens is 375 g/mol. The number of nitrogens with zero attached hydrogens (tertiary/aromatic N) is 2. The van der Waals surface area contributed by atoms with Gasteiger partial charge in [-0.05, 0) is 57.7 Å². The van der Waals surface area contributed by atoms with E-state index in [2.05, 4.69) is 38.6 Å². The highest BCUT2D eigenvalue weighted by Crippen LogP contribution is 2.29. The van der Waals surface area contributed by atoms with E-state index in [4.69, 9.17) is 11.6 Å². The Balaban J connectivity index is 2.20. The minimum absolute atomic E-state index is 0.238. The molecule has 6 heteroatoms. The number of fused-ring (bicyclic) bond motifs is 1. The van der Waals surface area contributed by atoms with Crippen LogP contribution < -0.4 is 0 Å². The highest BCUT2D eigenvalue weighted by Gasteiger charge is 2.17. The van der Waals surface area contributed by atoms with Crippen molar-refractivity contribution >= 4 is 49.9 Å². The number of aromatic nitrogens is 2. The van der Waals surface area contributed by atoms with Crippen LogP contribution in [0.25, 0.3) is 11.0 Å². The van der Waals surface area contributed by atoms with E-state index >= 15 is 0 Å². The van der Waals surface area contributed by atoms with E-state index < -0.39 is 0 Å². The summed E-state index contributed by atoms with van der Waals surface area (Å²) < 4.78 is 16.3. The minimum atomic E-state index is -0.292. The third-order valence-corrected chi connectivity index (χ3v) is 5.18. The zero-order valence-electron chi connectivity index (χ0n) is 11.5. The first kappa shape index (κ1) is 15.0. The summed E-state index contributed by atoms with van der Waals surface area (Å²) in [5.74, 6) is 0.467. The second kappa shape index (κ2) is 5.71. The highest BCUT2D eigenvalue weighted by atomic mass is 79.9. The van der Waals surface area contributed by atoms with Gasteiger partial charge in [0.05, 0.1) is 27.4 Å². The lowest BCUT2D eigenvalue weighted by Crippen LogP contribution is -2.06. The molecule has 0 amide bonds. The van der Waals surface area contributed by atoms with Crippen molar-refractivity contribution < 1.29 is 4.39 Å². The van der Waals surface area contributed by atoms with Gasteiger partial charge in [-0.3, -0.25) is 0 Å². The summed E-state index contributed by atoms with van der Waals surface area (Å²) in [6.45, 7) is 4.61. The van der Waals surface area contributed by atoms with E-state index in [1.165, 1.54) is 17.2 Å². The van der Waals surface area contributed by atoms with Crippen molar-refractivity contribution in [3.05, 3.63) is 50.1 Å². The predicted molar refractivity (Wildman–Crippen MR) is 89.8 cm³/mol. The number of aryl methyl sites for hydroxylation is 1. The maximum atomic E-state index is 13.9. The van der Waals surface area contributed by atoms with E-state index in [1.807, 2.05) is 11.5 Å². The molecule has 0 bridgehead atoms. The average Bonchev–Trinajstić information content (AvgIpc) is 2.97. The lowest BCUT2D eigenvalue weighted by atomic mass is 10.2. The molecule has 2 heterocycles. The van der Waals surface area contributed by atoms with Crippen molar-refractivity contribution in [1.29, 1.82) is 0 Å². The Hall–Kier alpha value is -0.910. The molecule has 0 aliphatic rings. The van der Waals surface area contributed by atoms with Gasteiger partial charge in [-0.1, -0.05) is 0 Å². The Bertz CT molecular complexity index is 809. The van der Waals surface area contributed by atoms with Gasteiger partial charge in [0.1, 0.15) is 11.6 Å². The Kier molecular flexibility index (Phi) is 4.08. The van der Waals surface area contributed by atoms with Gasteiger partial charge in [0, 0.05) is 6.07 Å². The van der Waals surface area contributed by atoms with Crippen LogP contribution in [0, 0.1) is 12.7 Å². The molecule has 110 valence electrons. The molecule has 0 saturated carbocycles. The topological polar surface area (TPSA) is 17.8 Å². The van der Waals surface area contributed by atoms with Gasteiger partial charge in [0.15, 0.2) is 0 Å². The van der Waals surface area contributed by atoms with Crippen LogP contribution in [0.3, 0.4) is 0 Å². The Morgan fingerprint density at radius 2 is 2.19 bits per heavy atom. The molecule has 2 nitrogen and oxygen atoms in total. The van der Waals surface area contributed by atoms with Crippen molar-refractivity contribution in [2.45, 2.75) is 25.8 Å². The smallest absolute Gasteiger partial charge is 0.139 e. The van der Waals surface area contributed by atoms with Crippen LogP contribution in [0.4, 0.5) is 4.39 Å². The number of rotatable bonds is 3. The Morgan fingerprint density at radius 1 is 1.43 bits per heavy atom. The van der Waals surface area contributed by atoms with Gasteiger partial charge in [-0.25, -0.2) is 9.37 Å². The van der Waals surface area contributed by atoms with Gasteiger partial charge >= 0.3 is 0 Å². The fraction of sp³-hybridized carbons (Fsp3) is 0.267. The number of benzene rings is 1. The Labute approximate surface area is 139 Å². The maximum Gasteiger partial charge on any atom is 0.139 e. The van der Waals surface area contributed by atoms with Crippen LogP contribution in [-0.4, -0.2) is 9.55 Å². The van der Waals surface area contributed by atoms with Gasteiger partial charge in [-0.15, -0.1) is 11.6 Å². The van der Waals surface area contributed by atoms with Gasteiger partial charge < -0.3 is 4.57 Å². The molecule has 2 aromatic heterocycles. The number of alkyl halides is 1. The van der Waals surface area contributed by atoms with E-state index in [9.17, 15) is 4.39 Å². The summed E-state index contributed by atoms with van der Waals surface area (Å²) in [7, 11) is 0. The molecule has 0 aliphatic carbocycles. The monoisotopic (exact) mass is 386 g/mol. The summed E-state index contributed by atoms with van der Waals surface area (Å²) in [4.78, 5) is 4.56. The van der Waals surface area contributed by atoms with Crippen LogP contribution in [-0.2, 0) is 6.54 Å². The molecule has 0 N–H and O–H groups in total. The molecule has 0 saturated heterocycles. The lowest BCUT2D eigenvalue weighted by Gasteiger charge is -2.10. The third-order valence-electron chi connectivity index (χ3n) is 3.47. The van der Waals surface area contributed by atoms with Crippen molar-refractivity contribution in [2.24, 2.45) is 0 Å². The molecular formula is C15H13BrClFN2S.